The van der Waals surface area contributed by atoms with Crippen molar-refractivity contribution in [3.8, 4) is 23.0 Å². The van der Waals surface area contributed by atoms with Crippen molar-refractivity contribution in [1.82, 2.24) is 0 Å². The van der Waals surface area contributed by atoms with Gasteiger partial charge in [-0.1, -0.05) is 145 Å². The molecule has 4 aromatic rings. The fourth-order valence-electron chi connectivity index (χ4n) is 8.37. The van der Waals surface area contributed by atoms with Crippen LogP contribution in [0.5, 0.6) is 23.0 Å². The molecule has 2 unspecified atom stereocenters. The molecule has 4 N–H and O–H groups in total. The zero-order valence-electron chi connectivity index (χ0n) is 38.3. The van der Waals surface area contributed by atoms with Gasteiger partial charge in [0.1, 0.15) is 35.2 Å². The van der Waals surface area contributed by atoms with Gasteiger partial charge in [-0.2, -0.15) is 0 Å². The summed E-state index contributed by atoms with van der Waals surface area (Å²) in [5.74, 6) is -0.219. The molecule has 0 aliphatic heterocycles. The van der Waals surface area contributed by atoms with Gasteiger partial charge in [-0.25, -0.2) is 0 Å². The molecular weight excluding hydrogens is 753 g/mol. The minimum atomic E-state index is -0.914. The van der Waals surface area contributed by atoms with Crippen LogP contribution in [0, 0.1) is 0 Å². The van der Waals surface area contributed by atoms with E-state index in [9.17, 15) is 30.0 Å². The Hall–Kier alpha value is -4.98. The predicted octanol–water partition coefficient (Wildman–Crippen LogP) is 11.4. The van der Waals surface area contributed by atoms with E-state index in [1.807, 2.05) is 145 Å². The molecule has 0 amide bonds. The molecule has 0 bridgehead atoms. The number of aromatic hydroxyl groups is 4. The summed E-state index contributed by atoms with van der Waals surface area (Å²) in [4.78, 5) is 28.2. The van der Waals surface area contributed by atoms with E-state index in [-0.39, 0.29) is 57.5 Å². The number of esters is 2. The molecule has 8 nitrogen and oxygen atoms in total. The standard InChI is InChI=1S/C52H68O8/c1-47(2,3)35-25-31(15-19-39(35)53)51(13,32-16-20-40(54)36(26-32)48(4,5)6)29-45(57)59-43-23-24-44(43)60-46(58)30-52(14,33-17-21-41(55)37(27-33)49(7,8)9)34-18-22-42(56)38(28-34)50(10,11)12/h15-22,25-28,43-44,53-56H,23-24,29-30H2,1-14H3. The lowest BCUT2D eigenvalue weighted by atomic mass is 9.70. The first-order valence-corrected chi connectivity index (χ1v) is 21.2. The van der Waals surface area contributed by atoms with Crippen molar-refractivity contribution >= 4 is 11.9 Å². The summed E-state index contributed by atoms with van der Waals surface area (Å²) in [7, 11) is 0. The number of carbonyl (C=O) groups excluding carboxylic acids is 2. The van der Waals surface area contributed by atoms with Gasteiger partial charge in [0, 0.05) is 10.8 Å². The van der Waals surface area contributed by atoms with Crippen LogP contribution < -0.4 is 0 Å². The average molecular weight is 821 g/mol. The van der Waals surface area contributed by atoms with Gasteiger partial charge in [-0.05, 0) is 103 Å². The number of benzene rings is 4. The van der Waals surface area contributed by atoms with Gasteiger partial charge in [0.05, 0.1) is 12.8 Å². The number of hydrogen-bond acceptors (Lipinski definition) is 8. The van der Waals surface area contributed by atoms with Crippen molar-refractivity contribution in [2.45, 2.75) is 167 Å². The number of phenolic OH excluding ortho intramolecular Hbond substituents is 4. The summed E-state index contributed by atoms with van der Waals surface area (Å²) in [6.07, 6.45) is -0.266. The average Bonchev–Trinajstić information content (AvgIpc) is 3.11. The Balaban J connectivity index is 1.43. The first-order chi connectivity index (χ1) is 27.4. The van der Waals surface area contributed by atoms with E-state index in [2.05, 4.69) is 0 Å². The highest BCUT2D eigenvalue weighted by molar-refractivity contribution is 5.75. The topological polar surface area (TPSA) is 134 Å². The Bertz CT molecular complexity index is 1950. The summed E-state index contributed by atoms with van der Waals surface area (Å²) in [6, 6.07) is 21.8. The molecule has 5 rings (SSSR count). The number of rotatable bonds is 10. The van der Waals surface area contributed by atoms with E-state index in [0.717, 1.165) is 44.5 Å². The fourth-order valence-corrected chi connectivity index (χ4v) is 8.37. The molecule has 4 aromatic carbocycles. The summed E-state index contributed by atoms with van der Waals surface area (Å²) in [5, 5.41) is 43.4. The van der Waals surface area contributed by atoms with Crippen LogP contribution >= 0.6 is 0 Å². The van der Waals surface area contributed by atoms with Crippen molar-refractivity contribution in [2.24, 2.45) is 0 Å². The van der Waals surface area contributed by atoms with Crippen LogP contribution in [0.3, 0.4) is 0 Å². The predicted molar refractivity (Wildman–Crippen MR) is 238 cm³/mol. The van der Waals surface area contributed by atoms with E-state index in [1.165, 1.54) is 0 Å². The summed E-state index contributed by atoms with van der Waals surface area (Å²) in [5.41, 5.74) is 2.92. The van der Waals surface area contributed by atoms with Crippen molar-refractivity contribution in [3.63, 3.8) is 0 Å². The Morgan fingerprint density at radius 3 is 0.833 bits per heavy atom. The summed E-state index contributed by atoms with van der Waals surface area (Å²) in [6.45, 7) is 28.3. The third-order valence-electron chi connectivity index (χ3n) is 12.5. The van der Waals surface area contributed by atoms with Gasteiger partial charge in [0.2, 0.25) is 0 Å². The first kappa shape index (κ1) is 46.1. The highest BCUT2D eigenvalue weighted by Gasteiger charge is 2.43. The van der Waals surface area contributed by atoms with Gasteiger partial charge in [-0.3, -0.25) is 9.59 Å². The van der Waals surface area contributed by atoms with Crippen LogP contribution in [0.4, 0.5) is 0 Å². The lowest BCUT2D eigenvalue weighted by Crippen LogP contribution is -2.45. The molecule has 0 radical (unpaired) electrons. The van der Waals surface area contributed by atoms with Crippen LogP contribution in [0.15, 0.2) is 72.8 Å². The molecule has 2 atom stereocenters. The van der Waals surface area contributed by atoms with Crippen LogP contribution in [-0.4, -0.2) is 44.6 Å². The molecule has 1 fully saturated rings. The van der Waals surface area contributed by atoms with Gasteiger partial charge in [0.25, 0.3) is 0 Å². The molecule has 0 spiro atoms. The number of hydrogen-bond donors (Lipinski definition) is 4. The van der Waals surface area contributed by atoms with Crippen molar-refractivity contribution in [2.75, 3.05) is 0 Å². The van der Waals surface area contributed by atoms with E-state index in [1.54, 1.807) is 24.3 Å². The molecule has 324 valence electrons. The largest absolute Gasteiger partial charge is 0.508 e. The van der Waals surface area contributed by atoms with Gasteiger partial charge < -0.3 is 29.9 Å². The van der Waals surface area contributed by atoms with E-state index in [4.69, 9.17) is 9.47 Å². The quantitative estimate of drug-likeness (QED) is 0.116. The van der Waals surface area contributed by atoms with Gasteiger partial charge in [-0.15, -0.1) is 0 Å². The molecular formula is C52H68O8. The Labute approximate surface area is 358 Å². The monoisotopic (exact) mass is 820 g/mol. The van der Waals surface area contributed by atoms with Crippen molar-refractivity contribution < 1.29 is 39.5 Å². The Kier molecular flexibility index (Phi) is 12.4. The number of carbonyl (C=O) groups is 2. The molecule has 1 aliphatic rings. The Morgan fingerprint density at radius 2 is 0.650 bits per heavy atom. The normalized spacial score (nSPS) is 16.6. The second-order valence-electron chi connectivity index (χ2n) is 21.6. The van der Waals surface area contributed by atoms with Crippen LogP contribution in [0.1, 0.15) is 167 Å². The van der Waals surface area contributed by atoms with E-state index in [0.29, 0.717) is 12.8 Å². The van der Waals surface area contributed by atoms with Gasteiger partial charge in [0.15, 0.2) is 0 Å². The molecule has 0 saturated heterocycles. The van der Waals surface area contributed by atoms with E-state index >= 15 is 0 Å². The van der Waals surface area contributed by atoms with Crippen LogP contribution in [-0.2, 0) is 51.6 Å². The third-order valence-corrected chi connectivity index (χ3v) is 12.5. The zero-order valence-corrected chi connectivity index (χ0v) is 38.3. The van der Waals surface area contributed by atoms with Crippen molar-refractivity contribution in [3.05, 3.63) is 117 Å². The second-order valence-corrected chi connectivity index (χ2v) is 21.6. The zero-order chi connectivity index (χ0) is 45.0. The van der Waals surface area contributed by atoms with E-state index < -0.39 is 35.0 Å². The maximum absolute atomic E-state index is 14.1. The minimum absolute atomic E-state index is 0.0428. The highest BCUT2D eigenvalue weighted by atomic mass is 16.6. The molecule has 0 heterocycles. The molecule has 8 heteroatoms. The lowest BCUT2D eigenvalue weighted by molar-refractivity contribution is -0.182. The smallest absolute Gasteiger partial charge is 0.307 e. The first-order valence-electron chi connectivity index (χ1n) is 21.2. The third kappa shape index (κ3) is 9.64. The number of ether oxygens (including phenoxy) is 2. The lowest BCUT2D eigenvalue weighted by Gasteiger charge is -2.38. The highest BCUT2D eigenvalue weighted by Crippen LogP contribution is 2.45. The van der Waals surface area contributed by atoms with Crippen molar-refractivity contribution in [1.29, 1.82) is 0 Å². The van der Waals surface area contributed by atoms with Crippen LogP contribution in [0.2, 0.25) is 0 Å². The summed E-state index contributed by atoms with van der Waals surface area (Å²) >= 11 is 0. The molecule has 0 aromatic heterocycles. The number of phenols is 4. The Morgan fingerprint density at radius 1 is 0.433 bits per heavy atom. The molecule has 60 heavy (non-hydrogen) atoms. The van der Waals surface area contributed by atoms with Crippen LogP contribution in [0.25, 0.3) is 0 Å². The molecule has 1 saturated carbocycles. The SMILES string of the molecule is CC(C)(C)c1cc(C(C)(CC(=O)OC2CCC2OC(=O)CC(C)(c2ccc(O)c(C(C)(C)C)c2)c2ccc(O)c(C(C)(C)C)c2)c2ccc(O)c(C(C)(C)C)c2)ccc1O. The maximum atomic E-state index is 14.1. The van der Waals surface area contributed by atoms with Gasteiger partial charge >= 0.3 is 11.9 Å². The minimum Gasteiger partial charge on any atom is -0.508 e. The summed E-state index contributed by atoms with van der Waals surface area (Å²) < 4.78 is 12.3. The second kappa shape index (κ2) is 16.1. The maximum Gasteiger partial charge on any atom is 0.307 e. The molecule has 1 aliphatic carbocycles. The fraction of sp³-hybridized carbons (Fsp3) is 0.500.